The summed E-state index contributed by atoms with van der Waals surface area (Å²) in [4.78, 5) is 40.8. The summed E-state index contributed by atoms with van der Waals surface area (Å²) in [6.45, 7) is 4.06. The van der Waals surface area contributed by atoms with E-state index >= 15 is 0 Å². The van der Waals surface area contributed by atoms with Crippen LogP contribution in [0.15, 0.2) is 11.1 Å². The van der Waals surface area contributed by atoms with E-state index in [1.165, 1.54) is 18.0 Å². The maximum Gasteiger partial charge on any atom is 0.325 e. The van der Waals surface area contributed by atoms with Crippen molar-refractivity contribution in [3.8, 4) is 0 Å². The van der Waals surface area contributed by atoms with E-state index in [1.807, 2.05) is 6.92 Å². The van der Waals surface area contributed by atoms with Crippen molar-refractivity contribution in [3.63, 3.8) is 0 Å². The number of amides is 1. The monoisotopic (exact) mass is 323 g/mol. The second-order valence-corrected chi connectivity index (χ2v) is 5.74. The number of fused-ring (bicyclic) bond motifs is 1. The maximum absolute atomic E-state index is 12.4. The highest BCUT2D eigenvalue weighted by Crippen LogP contribution is 2.26. The van der Waals surface area contributed by atoms with Crippen molar-refractivity contribution in [1.82, 2.24) is 14.9 Å². The van der Waals surface area contributed by atoms with Crippen molar-refractivity contribution < 1.29 is 14.3 Å². The van der Waals surface area contributed by atoms with E-state index in [4.69, 9.17) is 0 Å². The first kappa shape index (κ1) is 16.2. The minimum atomic E-state index is -0.532. The summed E-state index contributed by atoms with van der Waals surface area (Å²) in [5.74, 6) is -0.942. The SMILES string of the molecule is CCCn1cnc2sc(C(=O)NCC(=O)OC)c(C)c2c1=O. The molecule has 0 aliphatic heterocycles. The average molecular weight is 323 g/mol. The molecule has 22 heavy (non-hydrogen) atoms. The first-order chi connectivity index (χ1) is 10.5. The average Bonchev–Trinajstić information content (AvgIpc) is 2.85. The number of hydrogen-bond donors (Lipinski definition) is 1. The molecule has 2 heterocycles. The molecule has 7 nitrogen and oxygen atoms in total. The topological polar surface area (TPSA) is 90.3 Å². The molecule has 118 valence electrons. The van der Waals surface area contributed by atoms with Crippen molar-refractivity contribution in [1.29, 1.82) is 0 Å². The fraction of sp³-hybridized carbons (Fsp3) is 0.429. The Bertz CT molecular complexity index is 778. The molecule has 0 aromatic carbocycles. The summed E-state index contributed by atoms with van der Waals surface area (Å²) in [6, 6.07) is 0. The van der Waals surface area contributed by atoms with E-state index in [-0.39, 0.29) is 12.1 Å². The summed E-state index contributed by atoms with van der Waals surface area (Å²) in [5.41, 5.74) is 0.443. The maximum atomic E-state index is 12.4. The van der Waals surface area contributed by atoms with Gasteiger partial charge in [0.1, 0.15) is 11.4 Å². The molecule has 0 bridgehead atoms. The van der Waals surface area contributed by atoms with Crippen LogP contribution in [-0.2, 0) is 16.1 Å². The predicted molar refractivity (Wildman–Crippen MR) is 83.3 cm³/mol. The predicted octanol–water partition coefficient (Wildman–Crippen LogP) is 1.08. The number of nitrogens with one attached hydrogen (secondary N) is 1. The van der Waals surface area contributed by atoms with Gasteiger partial charge in [0.05, 0.1) is 23.7 Å². The van der Waals surface area contributed by atoms with E-state index < -0.39 is 11.9 Å². The number of rotatable bonds is 5. The number of carbonyl (C=O) groups is 2. The summed E-state index contributed by atoms with van der Waals surface area (Å²) in [6.07, 6.45) is 2.32. The Morgan fingerprint density at radius 2 is 2.18 bits per heavy atom. The molecule has 0 saturated heterocycles. The zero-order valence-electron chi connectivity index (χ0n) is 12.6. The highest BCUT2D eigenvalue weighted by Gasteiger charge is 2.19. The molecule has 0 spiro atoms. The van der Waals surface area contributed by atoms with E-state index in [1.54, 1.807) is 6.92 Å². The number of esters is 1. The van der Waals surface area contributed by atoms with Gasteiger partial charge in [0.15, 0.2) is 0 Å². The van der Waals surface area contributed by atoms with Crippen LogP contribution in [0.3, 0.4) is 0 Å². The largest absolute Gasteiger partial charge is 0.468 e. The molecule has 0 saturated carbocycles. The third-order valence-electron chi connectivity index (χ3n) is 3.21. The lowest BCUT2D eigenvalue weighted by Crippen LogP contribution is -2.30. The van der Waals surface area contributed by atoms with Crippen LogP contribution in [0, 0.1) is 6.92 Å². The molecule has 0 radical (unpaired) electrons. The number of carbonyl (C=O) groups excluding carboxylic acids is 2. The Kier molecular flexibility index (Phi) is 4.92. The Balaban J connectivity index is 2.38. The summed E-state index contributed by atoms with van der Waals surface area (Å²) in [7, 11) is 1.25. The van der Waals surface area contributed by atoms with E-state index in [9.17, 15) is 14.4 Å². The minimum absolute atomic E-state index is 0.146. The number of methoxy groups -OCH3 is 1. The molecule has 8 heteroatoms. The number of thiophene rings is 1. The van der Waals surface area contributed by atoms with Crippen molar-refractivity contribution in [2.75, 3.05) is 13.7 Å². The van der Waals surface area contributed by atoms with Crippen LogP contribution in [0.4, 0.5) is 0 Å². The van der Waals surface area contributed by atoms with Crippen molar-refractivity contribution >= 4 is 33.4 Å². The summed E-state index contributed by atoms with van der Waals surface area (Å²) < 4.78 is 6.01. The minimum Gasteiger partial charge on any atom is -0.468 e. The van der Waals surface area contributed by atoms with Gasteiger partial charge in [0.2, 0.25) is 0 Å². The normalized spacial score (nSPS) is 10.7. The fourth-order valence-electron chi connectivity index (χ4n) is 2.08. The lowest BCUT2D eigenvalue weighted by molar-refractivity contribution is -0.139. The van der Waals surface area contributed by atoms with Gasteiger partial charge >= 0.3 is 5.97 Å². The van der Waals surface area contributed by atoms with Gasteiger partial charge in [-0.15, -0.1) is 11.3 Å². The number of hydrogen-bond acceptors (Lipinski definition) is 6. The van der Waals surface area contributed by atoms with Gasteiger partial charge in [-0.3, -0.25) is 19.0 Å². The standard InChI is InChI=1S/C14H17N3O4S/c1-4-5-17-7-16-13-10(14(17)20)8(2)11(22-13)12(19)15-6-9(18)21-3/h7H,4-6H2,1-3H3,(H,15,19). The van der Waals surface area contributed by atoms with Gasteiger partial charge in [-0.1, -0.05) is 6.92 Å². The fourth-order valence-corrected chi connectivity index (χ4v) is 3.14. The van der Waals surface area contributed by atoms with Gasteiger partial charge in [-0.25, -0.2) is 4.98 Å². The number of nitrogens with zero attached hydrogens (tertiary/aromatic N) is 2. The molecule has 2 rings (SSSR count). The Hall–Kier alpha value is -2.22. The van der Waals surface area contributed by atoms with Crippen LogP contribution in [-0.4, -0.2) is 35.1 Å². The van der Waals surface area contributed by atoms with E-state index in [2.05, 4.69) is 15.0 Å². The number of aryl methyl sites for hydroxylation is 2. The number of ether oxygens (including phenoxy) is 1. The lowest BCUT2D eigenvalue weighted by atomic mass is 10.2. The van der Waals surface area contributed by atoms with Crippen LogP contribution >= 0.6 is 11.3 Å². The van der Waals surface area contributed by atoms with Gasteiger partial charge in [0, 0.05) is 6.54 Å². The van der Waals surface area contributed by atoms with Gasteiger partial charge < -0.3 is 10.1 Å². The second-order valence-electron chi connectivity index (χ2n) is 4.74. The van der Waals surface area contributed by atoms with E-state index in [0.29, 0.717) is 27.2 Å². The molecular formula is C14H17N3O4S. The number of aromatic nitrogens is 2. The van der Waals surface area contributed by atoms with Gasteiger partial charge in [-0.05, 0) is 18.9 Å². The zero-order valence-corrected chi connectivity index (χ0v) is 13.5. The first-order valence-corrected chi connectivity index (χ1v) is 7.64. The summed E-state index contributed by atoms with van der Waals surface area (Å²) >= 11 is 1.14. The quantitative estimate of drug-likeness (QED) is 0.832. The van der Waals surface area contributed by atoms with Crippen molar-refractivity contribution in [2.45, 2.75) is 26.8 Å². The summed E-state index contributed by atoms with van der Waals surface area (Å²) in [5, 5.41) is 2.93. The molecule has 2 aromatic rings. The van der Waals surface area contributed by atoms with Crippen LogP contribution in [0.1, 0.15) is 28.6 Å². The second kappa shape index (κ2) is 6.69. The highest BCUT2D eigenvalue weighted by atomic mass is 32.1. The molecule has 0 unspecified atom stereocenters. The first-order valence-electron chi connectivity index (χ1n) is 6.83. The molecular weight excluding hydrogens is 306 g/mol. The lowest BCUT2D eigenvalue weighted by Gasteiger charge is -2.03. The van der Waals surface area contributed by atoms with Crippen LogP contribution in [0.2, 0.25) is 0 Å². The zero-order chi connectivity index (χ0) is 16.3. The molecule has 1 amide bonds. The smallest absolute Gasteiger partial charge is 0.325 e. The van der Waals surface area contributed by atoms with Crippen molar-refractivity contribution in [2.24, 2.45) is 0 Å². The van der Waals surface area contributed by atoms with Crippen LogP contribution < -0.4 is 10.9 Å². The van der Waals surface area contributed by atoms with Crippen LogP contribution in [0.5, 0.6) is 0 Å². The molecule has 0 atom stereocenters. The third kappa shape index (κ3) is 3.01. The van der Waals surface area contributed by atoms with Gasteiger partial charge in [-0.2, -0.15) is 0 Å². The molecule has 2 aromatic heterocycles. The third-order valence-corrected chi connectivity index (χ3v) is 4.41. The van der Waals surface area contributed by atoms with E-state index in [0.717, 1.165) is 17.8 Å². The Labute approximate surface area is 130 Å². The van der Waals surface area contributed by atoms with Crippen molar-refractivity contribution in [3.05, 3.63) is 27.1 Å². The molecule has 0 aliphatic rings. The van der Waals surface area contributed by atoms with Gasteiger partial charge in [0.25, 0.3) is 11.5 Å². The Morgan fingerprint density at radius 3 is 2.82 bits per heavy atom. The molecule has 0 aliphatic carbocycles. The van der Waals surface area contributed by atoms with Crippen LogP contribution in [0.25, 0.3) is 10.2 Å². The highest BCUT2D eigenvalue weighted by molar-refractivity contribution is 7.20. The molecule has 0 fully saturated rings. The molecule has 1 N–H and O–H groups in total. The Morgan fingerprint density at radius 1 is 1.45 bits per heavy atom.